The van der Waals surface area contributed by atoms with Crippen LogP contribution in [0.1, 0.15) is 11.1 Å². The number of aromatic nitrogens is 6. The molecule has 0 radical (unpaired) electrons. The standard InChI is InChI=1S/C36H28Cl2N10O9S2.4Na/c37-31-41-33(45-35(43-31)47(19-29(49)50)25-7-3-1-4-8-25)39-23-15-13-21(27(17-23)58(53)54)11-12-22-14-16-24(18-28(22)59(55,56)57)40-34-42-32(38)44-36(46-34)48(20-30(51)52)26-9-5-2-6-10-26;;;;/h1-18H,19-20H2,(H,49,50)(H,51,52)(H,53,54)(H,55,56,57)(H,39,41,43,45)(H,40,42,44,46);;;;/q;4*+1/p-4/b12-11+;;;;. The van der Waals surface area contributed by atoms with Gasteiger partial charge >= 0.3 is 118 Å². The summed E-state index contributed by atoms with van der Waals surface area (Å²) >= 11 is 9.42. The Morgan fingerprint density at radius 2 is 1.05 bits per heavy atom. The van der Waals surface area contributed by atoms with Gasteiger partial charge in [0.05, 0.1) is 29.9 Å². The van der Waals surface area contributed by atoms with Gasteiger partial charge in [-0.25, -0.2) is 8.42 Å². The van der Waals surface area contributed by atoms with Crippen molar-refractivity contribution in [3.8, 4) is 0 Å². The molecule has 0 saturated carbocycles. The molecule has 0 fully saturated rings. The molecule has 19 nitrogen and oxygen atoms in total. The minimum atomic E-state index is -5.14. The van der Waals surface area contributed by atoms with Gasteiger partial charge in [-0.1, -0.05) is 60.7 Å². The average Bonchev–Trinajstić information content (AvgIpc) is 3.18. The summed E-state index contributed by atoms with van der Waals surface area (Å²) in [6.45, 7) is -1.28. The Kier molecular flexibility index (Phi) is 23.2. The maximum Gasteiger partial charge on any atom is 1.00 e. The van der Waals surface area contributed by atoms with Crippen LogP contribution in [0.4, 0.5) is 46.5 Å². The maximum absolute atomic E-state index is 12.4. The summed E-state index contributed by atoms with van der Waals surface area (Å²) in [5.74, 6) is -3.59. The van der Waals surface area contributed by atoms with Gasteiger partial charge in [0.25, 0.3) is 0 Å². The minimum absolute atomic E-state index is 0. The first-order valence-electron chi connectivity index (χ1n) is 16.6. The summed E-state index contributed by atoms with van der Waals surface area (Å²) in [4.78, 5) is 49.0. The molecule has 6 rings (SSSR count). The third kappa shape index (κ3) is 16.0. The number of nitrogens with one attached hydrogen (secondary N) is 2. The Labute approximate surface area is 460 Å². The van der Waals surface area contributed by atoms with Gasteiger partial charge in [0.15, 0.2) is 0 Å². The van der Waals surface area contributed by atoms with E-state index in [4.69, 9.17) is 23.2 Å². The Bertz CT molecular complexity index is 2720. The molecule has 0 spiro atoms. The molecule has 2 N–H and O–H groups in total. The number of hydrogen-bond acceptors (Lipinski definition) is 19. The summed E-state index contributed by atoms with van der Waals surface area (Å²) in [5, 5.41) is 28.0. The van der Waals surface area contributed by atoms with Gasteiger partial charge < -0.3 is 49.3 Å². The Balaban J connectivity index is 0.00000341. The molecular formula is C36H24Cl2N10Na4O9S2. The van der Waals surface area contributed by atoms with E-state index in [0.717, 1.165) is 6.07 Å². The van der Waals surface area contributed by atoms with Crippen molar-refractivity contribution in [2.75, 3.05) is 33.5 Å². The Morgan fingerprint density at radius 3 is 1.46 bits per heavy atom. The normalized spacial score (nSPS) is 11.1. The van der Waals surface area contributed by atoms with Crippen LogP contribution in [0.3, 0.4) is 0 Å². The molecule has 1 unspecified atom stereocenters. The van der Waals surface area contributed by atoms with Crippen molar-refractivity contribution < 1.29 is 160 Å². The average molecular weight is 968 g/mol. The molecule has 0 bridgehead atoms. The van der Waals surface area contributed by atoms with Crippen LogP contribution in [0.25, 0.3) is 12.2 Å². The van der Waals surface area contributed by atoms with Crippen LogP contribution in [0.2, 0.25) is 10.6 Å². The van der Waals surface area contributed by atoms with E-state index >= 15 is 0 Å². The van der Waals surface area contributed by atoms with E-state index in [2.05, 4.69) is 40.5 Å². The first-order valence-corrected chi connectivity index (χ1v) is 19.8. The maximum atomic E-state index is 12.4. The van der Waals surface area contributed by atoms with Gasteiger partial charge in [-0.3, -0.25) is 4.21 Å². The molecule has 1 atom stereocenters. The number of carboxylic acids is 2. The first-order chi connectivity index (χ1) is 28.1. The number of benzene rings is 4. The topological polar surface area (TPSA) is 285 Å². The van der Waals surface area contributed by atoms with Crippen LogP contribution in [-0.2, 0) is 30.8 Å². The number of carbonyl (C=O) groups excluding carboxylic acids is 2. The van der Waals surface area contributed by atoms with E-state index < -0.39 is 51.1 Å². The van der Waals surface area contributed by atoms with E-state index in [-0.39, 0.29) is 180 Å². The second kappa shape index (κ2) is 25.9. The molecule has 0 aliphatic rings. The van der Waals surface area contributed by atoms with Crippen LogP contribution in [0.5, 0.6) is 0 Å². The van der Waals surface area contributed by atoms with E-state index in [9.17, 15) is 41.5 Å². The summed E-state index contributed by atoms with van der Waals surface area (Å²) in [7, 11) is -5.14. The number of aliphatic carboxylic acids is 2. The summed E-state index contributed by atoms with van der Waals surface area (Å²) < 4.78 is 62.0. The number of anilines is 8. The first kappa shape index (κ1) is 56.5. The fourth-order valence-electron chi connectivity index (χ4n) is 5.36. The van der Waals surface area contributed by atoms with Gasteiger partial charge in [0.2, 0.25) is 34.4 Å². The third-order valence-corrected chi connectivity index (χ3v) is 9.76. The molecule has 63 heavy (non-hydrogen) atoms. The molecule has 2 heterocycles. The van der Waals surface area contributed by atoms with Crippen molar-refractivity contribution in [1.82, 2.24) is 29.9 Å². The van der Waals surface area contributed by atoms with E-state index in [1.807, 2.05) is 0 Å². The van der Waals surface area contributed by atoms with Crippen molar-refractivity contribution in [3.05, 3.63) is 119 Å². The minimum Gasteiger partial charge on any atom is -0.768 e. The van der Waals surface area contributed by atoms with Crippen LogP contribution in [-0.4, -0.2) is 76.7 Å². The van der Waals surface area contributed by atoms with Crippen molar-refractivity contribution in [3.63, 3.8) is 0 Å². The molecule has 0 saturated heterocycles. The molecular weight excluding hydrogens is 943 g/mol. The molecule has 0 aliphatic heterocycles. The third-order valence-electron chi connectivity index (χ3n) is 7.82. The van der Waals surface area contributed by atoms with E-state index in [1.54, 1.807) is 60.7 Å². The summed E-state index contributed by atoms with van der Waals surface area (Å²) in [6.07, 6.45) is 2.49. The molecule has 2 aromatic heterocycles. The Hall–Kier alpha value is -2.62. The molecule has 0 aliphatic carbocycles. The number of carbonyl (C=O) groups is 2. The summed E-state index contributed by atoms with van der Waals surface area (Å²) in [6, 6.07) is 24.2. The molecule has 27 heteroatoms. The van der Waals surface area contributed by atoms with Gasteiger partial charge in [-0.2, -0.15) is 29.9 Å². The fourth-order valence-corrected chi connectivity index (χ4v) is 6.92. The zero-order chi connectivity index (χ0) is 42.3. The smallest absolute Gasteiger partial charge is 0.768 e. The number of halogens is 2. The molecule has 6 aromatic rings. The number of para-hydroxylation sites is 2. The van der Waals surface area contributed by atoms with Crippen molar-refractivity contribution in [1.29, 1.82) is 0 Å². The van der Waals surface area contributed by atoms with Crippen LogP contribution in [0, 0.1) is 0 Å². The van der Waals surface area contributed by atoms with E-state index in [0.29, 0.717) is 11.4 Å². The molecule has 302 valence electrons. The van der Waals surface area contributed by atoms with Gasteiger partial charge in [-0.15, -0.1) is 0 Å². The number of hydrogen-bond donors (Lipinski definition) is 2. The molecule has 4 aromatic carbocycles. The quantitative estimate of drug-likeness (QED) is 0.0394. The molecule has 0 amide bonds. The van der Waals surface area contributed by atoms with Crippen LogP contribution in [0.15, 0.2) is 107 Å². The van der Waals surface area contributed by atoms with E-state index in [1.165, 1.54) is 52.3 Å². The van der Waals surface area contributed by atoms with Crippen molar-refractivity contribution in [2.24, 2.45) is 0 Å². The predicted octanol–water partition coefficient (Wildman–Crippen LogP) is -9.04. The van der Waals surface area contributed by atoms with Crippen molar-refractivity contribution >= 4 is 115 Å². The van der Waals surface area contributed by atoms with Crippen LogP contribution < -0.4 is 149 Å². The Morgan fingerprint density at radius 1 is 0.635 bits per heavy atom. The van der Waals surface area contributed by atoms with Gasteiger partial charge in [0, 0.05) is 27.6 Å². The van der Waals surface area contributed by atoms with Gasteiger partial charge in [0.1, 0.15) is 10.1 Å². The number of rotatable bonds is 16. The largest absolute Gasteiger partial charge is 1.00 e. The number of nitrogens with zero attached hydrogens (tertiary/aromatic N) is 8. The summed E-state index contributed by atoms with van der Waals surface area (Å²) in [5.41, 5.74) is 0.953. The van der Waals surface area contributed by atoms with Crippen molar-refractivity contribution in [2.45, 2.75) is 9.79 Å². The number of carboxylic acid groups (broad SMARTS) is 2. The van der Waals surface area contributed by atoms with Gasteiger partial charge in [-0.05, 0) is 93.9 Å². The second-order valence-corrected chi connectivity index (χ2v) is 14.8. The second-order valence-electron chi connectivity index (χ2n) is 11.8. The SMILES string of the molecule is O=C([O-])CN(c1ccccc1)c1nc(Cl)nc(Nc2ccc(/C=C/c3ccc(Nc4nc(Cl)nc(N(CC(=O)[O-])c5ccccc5)n4)cc3S(=O)(=O)[O-])c(S(=O)[O-])c2)n1.[Na+].[Na+].[Na+].[Na+]. The van der Waals surface area contributed by atoms with Crippen LogP contribution >= 0.6 is 23.2 Å². The zero-order valence-electron chi connectivity index (χ0n) is 33.6. The zero-order valence-corrected chi connectivity index (χ0v) is 44.8. The monoisotopic (exact) mass is 966 g/mol. The predicted molar refractivity (Wildman–Crippen MR) is 210 cm³/mol. The fraction of sp³-hybridized carbons (Fsp3) is 0.0556.